The summed E-state index contributed by atoms with van der Waals surface area (Å²) < 4.78 is 84.4. The summed E-state index contributed by atoms with van der Waals surface area (Å²) in [4.78, 5) is 23.4. The summed E-state index contributed by atoms with van der Waals surface area (Å²) in [7, 11) is 1.23. The Kier molecular flexibility index (Phi) is 9.90. The van der Waals surface area contributed by atoms with Crippen molar-refractivity contribution in [2.75, 3.05) is 63.3 Å². The van der Waals surface area contributed by atoms with Crippen LogP contribution in [0.2, 0.25) is 0 Å². The first-order valence-corrected chi connectivity index (χ1v) is 13.5. The summed E-state index contributed by atoms with van der Waals surface area (Å²) in [5.74, 6) is 0.156. The largest absolute Gasteiger partial charge is 0.490 e. The zero-order valence-electron chi connectivity index (χ0n) is 22.7. The maximum Gasteiger partial charge on any atom is 0.418 e. The minimum Gasteiger partial charge on any atom is -0.490 e. The van der Waals surface area contributed by atoms with Gasteiger partial charge in [-0.2, -0.15) is 26.3 Å². The molecule has 0 bridgehead atoms. The predicted octanol–water partition coefficient (Wildman–Crippen LogP) is 5.67. The molecule has 0 spiro atoms. The number of carbonyl (C=O) groups is 1. The second kappa shape index (κ2) is 13.2. The highest BCUT2D eigenvalue weighted by Gasteiger charge is 2.35. The van der Waals surface area contributed by atoms with E-state index < -0.39 is 23.5 Å². The van der Waals surface area contributed by atoms with E-state index >= 15 is 0 Å². The number of nitrogens with one attached hydrogen (secondary N) is 1. The van der Waals surface area contributed by atoms with Crippen molar-refractivity contribution in [3.05, 3.63) is 53.6 Å². The molecular weight excluding hydrogens is 554 g/mol. The first-order chi connectivity index (χ1) is 19.4. The van der Waals surface area contributed by atoms with Crippen LogP contribution >= 0.6 is 0 Å². The molecule has 1 N–H and O–H groups in total. The molecule has 0 radical (unpaired) electrons. The quantitative estimate of drug-likeness (QED) is 0.301. The molecule has 2 aliphatic rings. The first-order valence-electron chi connectivity index (χ1n) is 13.5. The Morgan fingerprint density at radius 1 is 0.902 bits per heavy atom. The molecular formula is C28H34F6N4O3. The van der Waals surface area contributed by atoms with Gasteiger partial charge in [0.25, 0.3) is 0 Å². The normalized spacial score (nSPS) is 17.5. The van der Waals surface area contributed by atoms with Crippen molar-refractivity contribution < 1.29 is 40.7 Å². The van der Waals surface area contributed by atoms with Crippen LogP contribution in [0.15, 0.2) is 42.5 Å². The fourth-order valence-electron chi connectivity index (χ4n) is 5.15. The standard InChI is InChI=1S/C28H34F6N4O3/c1-40-35-25-9-8-23(19-24(25)28(32,33)34)41-22-10-13-38(14-11-22)26(39)3-2-12-36-15-17-37(18-16-36)21-6-4-20(5-7-21)27(29,30)31/h4-9,19,22,35H,2-3,10-18H2,1H3. The average molecular weight is 589 g/mol. The number of anilines is 2. The van der Waals surface area contributed by atoms with Crippen LogP contribution in [0.3, 0.4) is 0 Å². The lowest BCUT2D eigenvalue weighted by Gasteiger charge is -2.36. The Morgan fingerprint density at radius 3 is 2.15 bits per heavy atom. The third-order valence-electron chi connectivity index (χ3n) is 7.40. The summed E-state index contributed by atoms with van der Waals surface area (Å²) in [5, 5.41) is 0. The Bertz CT molecular complexity index is 1140. The molecule has 7 nitrogen and oxygen atoms in total. The van der Waals surface area contributed by atoms with E-state index in [-0.39, 0.29) is 23.4 Å². The van der Waals surface area contributed by atoms with Crippen molar-refractivity contribution in [3.8, 4) is 5.75 Å². The zero-order valence-corrected chi connectivity index (χ0v) is 22.7. The number of hydrogen-bond acceptors (Lipinski definition) is 6. The van der Waals surface area contributed by atoms with Crippen molar-refractivity contribution >= 4 is 17.3 Å². The van der Waals surface area contributed by atoms with E-state index in [1.807, 2.05) is 0 Å². The van der Waals surface area contributed by atoms with Gasteiger partial charge in [-0.1, -0.05) is 0 Å². The molecule has 4 rings (SSSR count). The number of benzene rings is 2. The summed E-state index contributed by atoms with van der Waals surface area (Å²) in [6, 6.07) is 8.87. The van der Waals surface area contributed by atoms with Crippen LogP contribution in [-0.2, 0) is 22.0 Å². The molecule has 1 amide bonds. The number of alkyl halides is 6. The summed E-state index contributed by atoms with van der Waals surface area (Å²) in [6.07, 6.45) is -7.07. The molecule has 226 valence electrons. The van der Waals surface area contributed by atoms with Crippen LogP contribution in [0.1, 0.15) is 36.8 Å². The molecule has 0 atom stereocenters. The Labute approximate surface area is 234 Å². The molecule has 2 aromatic rings. The molecule has 0 aliphatic carbocycles. The monoisotopic (exact) mass is 588 g/mol. The molecule has 0 saturated carbocycles. The van der Waals surface area contributed by atoms with Crippen molar-refractivity contribution in [3.63, 3.8) is 0 Å². The molecule has 2 aliphatic heterocycles. The third kappa shape index (κ3) is 8.41. The van der Waals surface area contributed by atoms with Crippen LogP contribution in [0.4, 0.5) is 37.7 Å². The van der Waals surface area contributed by atoms with Crippen molar-refractivity contribution in [2.45, 2.75) is 44.1 Å². The van der Waals surface area contributed by atoms with E-state index in [1.165, 1.54) is 31.4 Å². The van der Waals surface area contributed by atoms with Gasteiger partial charge >= 0.3 is 12.4 Å². The fraction of sp³-hybridized carbons (Fsp3) is 0.536. The van der Waals surface area contributed by atoms with E-state index in [4.69, 9.17) is 4.74 Å². The molecule has 2 saturated heterocycles. The maximum atomic E-state index is 13.4. The van der Waals surface area contributed by atoms with Gasteiger partial charge in [0.2, 0.25) is 5.91 Å². The van der Waals surface area contributed by atoms with Crippen LogP contribution in [0.25, 0.3) is 0 Å². The molecule has 41 heavy (non-hydrogen) atoms. The highest BCUT2D eigenvalue weighted by Crippen LogP contribution is 2.38. The second-order valence-corrected chi connectivity index (χ2v) is 10.2. The van der Waals surface area contributed by atoms with Gasteiger partial charge in [0.15, 0.2) is 0 Å². The zero-order chi connectivity index (χ0) is 29.6. The molecule has 2 aromatic carbocycles. The number of hydrogen-bond donors (Lipinski definition) is 1. The average Bonchev–Trinajstić information content (AvgIpc) is 2.94. The Hall–Kier alpha value is -3.19. The van der Waals surface area contributed by atoms with Crippen LogP contribution in [-0.4, -0.2) is 74.7 Å². The van der Waals surface area contributed by atoms with Gasteiger partial charge in [0.1, 0.15) is 11.9 Å². The smallest absolute Gasteiger partial charge is 0.418 e. The number of rotatable bonds is 9. The molecule has 2 fully saturated rings. The maximum absolute atomic E-state index is 13.4. The van der Waals surface area contributed by atoms with E-state index in [0.29, 0.717) is 51.9 Å². The van der Waals surface area contributed by atoms with Crippen molar-refractivity contribution in [1.82, 2.24) is 9.80 Å². The SMILES string of the molecule is CONc1ccc(OC2CCN(C(=O)CCCN3CCN(c4ccc(C(F)(F)F)cc4)CC3)CC2)cc1C(F)(F)F. The lowest BCUT2D eigenvalue weighted by atomic mass is 10.1. The number of likely N-dealkylation sites (tertiary alicyclic amines) is 1. The number of halogens is 6. The topological polar surface area (TPSA) is 57.3 Å². The van der Waals surface area contributed by atoms with Gasteiger partial charge in [0, 0.05) is 64.2 Å². The van der Waals surface area contributed by atoms with E-state index in [0.717, 1.165) is 43.5 Å². The Balaban J connectivity index is 1.15. The fourth-order valence-corrected chi connectivity index (χ4v) is 5.15. The van der Waals surface area contributed by atoms with Gasteiger partial charge in [-0.25, -0.2) is 0 Å². The highest BCUT2D eigenvalue weighted by molar-refractivity contribution is 5.76. The molecule has 2 heterocycles. The van der Waals surface area contributed by atoms with E-state index in [9.17, 15) is 31.1 Å². The minimum absolute atomic E-state index is 0.0428. The van der Waals surface area contributed by atoms with Crippen molar-refractivity contribution in [1.29, 1.82) is 0 Å². The van der Waals surface area contributed by atoms with Gasteiger partial charge in [-0.15, -0.1) is 0 Å². The second-order valence-electron chi connectivity index (χ2n) is 10.2. The molecule has 13 heteroatoms. The summed E-state index contributed by atoms with van der Waals surface area (Å²) in [6.45, 7) is 4.62. The lowest BCUT2D eigenvalue weighted by molar-refractivity contribution is -0.138. The van der Waals surface area contributed by atoms with Crippen LogP contribution < -0.4 is 15.1 Å². The number of amides is 1. The number of nitrogens with zero attached hydrogens (tertiary/aromatic N) is 3. The molecule has 0 aromatic heterocycles. The minimum atomic E-state index is -4.57. The lowest BCUT2D eigenvalue weighted by Crippen LogP contribution is -2.47. The van der Waals surface area contributed by atoms with Gasteiger partial charge in [0.05, 0.1) is 23.9 Å². The molecule has 0 unspecified atom stereocenters. The number of piperazine rings is 1. The number of piperidine rings is 1. The van der Waals surface area contributed by atoms with E-state index in [1.54, 1.807) is 4.90 Å². The summed E-state index contributed by atoms with van der Waals surface area (Å²) in [5.41, 5.74) is 1.25. The first kappa shape index (κ1) is 30.8. The summed E-state index contributed by atoms with van der Waals surface area (Å²) >= 11 is 0. The van der Waals surface area contributed by atoms with Crippen LogP contribution in [0, 0.1) is 0 Å². The van der Waals surface area contributed by atoms with Crippen LogP contribution in [0.5, 0.6) is 5.75 Å². The number of ether oxygens (including phenoxy) is 1. The van der Waals surface area contributed by atoms with Gasteiger partial charge in [-0.05, 0) is 55.4 Å². The predicted molar refractivity (Wildman–Crippen MR) is 142 cm³/mol. The van der Waals surface area contributed by atoms with Crippen molar-refractivity contribution in [2.24, 2.45) is 0 Å². The van der Waals surface area contributed by atoms with Gasteiger partial charge < -0.3 is 14.5 Å². The van der Waals surface area contributed by atoms with E-state index in [2.05, 4.69) is 20.1 Å². The number of carbonyl (C=O) groups excluding carboxylic acids is 1. The van der Waals surface area contributed by atoms with Gasteiger partial charge in [-0.3, -0.25) is 20.0 Å². The Morgan fingerprint density at radius 2 is 1.56 bits per heavy atom. The highest BCUT2D eigenvalue weighted by atomic mass is 19.4. The third-order valence-corrected chi connectivity index (χ3v) is 7.40.